The van der Waals surface area contributed by atoms with Crippen LogP contribution in [0, 0.1) is 0 Å². The van der Waals surface area contributed by atoms with Crippen molar-refractivity contribution in [2.24, 2.45) is 5.73 Å². The number of hydrogen-bond acceptors (Lipinski definition) is 3. The van der Waals surface area contributed by atoms with Crippen LogP contribution in [0.5, 0.6) is 0 Å². The minimum absolute atomic E-state index is 0.170. The summed E-state index contributed by atoms with van der Waals surface area (Å²) in [5.41, 5.74) is 8.32. The highest BCUT2D eigenvalue weighted by Crippen LogP contribution is 2.34. The first-order valence-corrected chi connectivity index (χ1v) is 9.56. The number of benzene rings is 1. The highest BCUT2D eigenvalue weighted by molar-refractivity contribution is 5.73. The van der Waals surface area contributed by atoms with Crippen LogP contribution in [0.15, 0.2) is 24.3 Å². The predicted octanol–water partition coefficient (Wildman–Crippen LogP) is 2.73. The number of fused-ring (bicyclic) bond motifs is 1. The Morgan fingerprint density at radius 3 is 2.67 bits per heavy atom. The van der Waals surface area contributed by atoms with Gasteiger partial charge in [0.15, 0.2) is 0 Å². The maximum absolute atomic E-state index is 10.7. The van der Waals surface area contributed by atoms with Crippen molar-refractivity contribution >= 4 is 5.91 Å². The molecular formula is C20H31N3O. The van der Waals surface area contributed by atoms with E-state index in [4.69, 9.17) is 5.73 Å². The van der Waals surface area contributed by atoms with Gasteiger partial charge in [0.1, 0.15) is 0 Å². The number of carbonyl (C=O) groups is 1. The van der Waals surface area contributed by atoms with Gasteiger partial charge in [0.05, 0.1) is 0 Å². The third-order valence-electron chi connectivity index (χ3n) is 5.58. The van der Waals surface area contributed by atoms with Crippen molar-refractivity contribution in [3.63, 3.8) is 0 Å². The summed E-state index contributed by atoms with van der Waals surface area (Å²) >= 11 is 0. The van der Waals surface area contributed by atoms with Crippen LogP contribution in [0.4, 0.5) is 0 Å². The molecule has 132 valence electrons. The van der Waals surface area contributed by atoms with Crippen molar-refractivity contribution in [1.29, 1.82) is 0 Å². The summed E-state index contributed by atoms with van der Waals surface area (Å²) in [5, 5.41) is 0. The number of unbranched alkanes of at least 4 members (excludes halogenated alkanes) is 2. The van der Waals surface area contributed by atoms with Gasteiger partial charge in [0.2, 0.25) is 5.91 Å². The maximum Gasteiger partial charge on any atom is 0.217 e. The second-order valence-electron chi connectivity index (χ2n) is 7.26. The maximum atomic E-state index is 10.7. The second kappa shape index (κ2) is 8.63. The lowest BCUT2D eigenvalue weighted by Crippen LogP contribution is -2.48. The van der Waals surface area contributed by atoms with E-state index in [9.17, 15) is 4.79 Å². The molecule has 4 heteroatoms. The molecule has 0 bridgehead atoms. The van der Waals surface area contributed by atoms with Gasteiger partial charge in [-0.25, -0.2) is 0 Å². The first-order chi connectivity index (χ1) is 11.7. The standard InChI is InChI=1S/C20H31N3O/c21-20(24)11-2-1-5-12-22-13-15-23(16-14-22)19-10-6-8-17-7-3-4-9-18(17)19/h3-4,7,9,19H,1-2,5-6,8,10-16H2,(H2,21,24). The smallest absolute Gasteiger partial charge is 0.217 e. The molecule has 0 aromatic heterocycles. The van der Waals surface area contributed by atoms with E-state index in [-0.39, 0.29) is 5.91 Å². The molecule has 3 rings (SSSR count). The molecule has 1 aromatic rings. The number of hydrogen-bond donors (Lipinski definition) is 1. The van der Waals surface area contributed by atoms with Crippen molar-refractivity contribution in [1.82, 2.24) is 9.80 Å². The lowest BCUT2D eigenvalue weighted by molar-refractivity contribution is -0.118. The SMILES string of the molecule is NC(=O)CCCCCN1CCN(C2CCCc3ccccc32)CC1. The number of aryl methyl sites for hydroxylation is 1. The number of nitrogens with zero attached hydrogens (tertiary/aromatic N) is 2. The molecule has 0 spiro atoms. The summed E-state index contributed by atoms with van der Waals surface area (Å²) in [6.45, 7) is 5.87. The summed E-state index contributed by atoms with van der Waals surface area (Å²) in [4.78, 5) is 16.0. The summed E-state index contributed by atoms with van der Waals surface area (Å²) < 4.78 is 0. The van der Waals surface area contributed by atoms with Gasteiger partial charge < -0.3 is 10.6 Å². The summed E-state index contributed by atoms with van der Waals surface area (Å²) in [5.74, 6) is -0.170. The fourth-order valence-electron chi connectivity index (χ4n) is 4.22. The van der Waals surface area contributed by atoms with Crippen LogP contribution in [0.2, 0.25) is 0 Å². The van der Waals surface area contributed by atoms with Gasteiger partial charge in [-0.15, -0.1) is 0 Å². The quantitative estimate of drug-likeness (QED) is 0.783. The van der Waals surface area contributed by atoms with Crippen LogP contribution in [0.3, 0.4) is 0 Å². The molecule has 1 amide bonds. The first-order valence-electron chi connectivity index (χ1n) is 9.56. The van der Waals surface area contributed by atoms with Gasteiger partial charge in [-0.1, -0.05) is 30.7 Å². The normalized spacial score (nSPS) is 22.2. The average molecular weight is 329 g/mol. The molecule has 4 nitrogen and oxygen atoms in total. The van der Waals surface area contributed by atoms with E-state index in [0.717, 1.165) is 19.4 Å². The molecule has 1 aliphatic heterocycles. The van der Waals surface area contributed by atoms with E-state index >= 15 is 0 Å². The molecular weight excluding hydrogens is 298 g/mol. The van der Waals surface area contributed by atoms with E-state index in [0.29, 0.717) is 12.5 Å². The highest BCUT2D eigenvalue weighted by Gasteiger charge is 2.28. The topological polar surface area (TPSA) is 49.6 Å². The van der Waals surface area contributed by atoms with E-state index in [1.165, 1.54) is 51.9 Å². The minimum atomic E-state index is -0.170. The monoisotopic (exact) mass is 329 g/mol. The van der Waals surface area contributed by atoms with Gasteiger partial charge in [-0.05, 0) is 49.8 Å². The van der Waals surface area contributed by atoms with E-state index in [1.54, 1.807) is 11.1 Å². The molecule has 24 heavy (non-hydrogen) atoms. The zero-order valence-corrected chi connectivity index (χ0v) is 14.8. The third-order valence-corrected chi connectivity index (χ3v) is 5.58. The lowest BCUT2D eigenvalue weighted by atomic mass is 9.86. The van der Waals surface area contributed by atoms with E-state index in [1.807, 2.05) is 0 Å². The first kappa shape index (κ1) is 17.4. The van der Waals surface area contributed by atoms with E-state index in [2.05, 4.69) is 34.1 Å². The molecule has 0 saturated carbocycles. The summed E-state index contributed by atoms with van der Waals surface area (Å²) in [6, 6.07) is 9.65. The molecule has 1 aromatic carbocycles. The minimum Gasteiger partial charge on any atom is -0.370 e. The number of primary amides is 1. The lowest BCUT2D eigenvalue weighted by Gasteiger charge is -2.41. The van der Waals surface area contributed by atoms with Crippen molar-refractivity contribution < 1.29 is 4.79 Å². The van der Waals surface area contributed by atoms with Gasteiger partial charge in [0.25, 0.3) is 0 Å². The van der Waals surface area contributed by atoms with Gasteiger partial charge in [0, 0.05) is 38.6 Å². The predicted molar refractivity (Wildman–Crippen MR) is 97.8 cm³/mol. The molecule has 0 radical (unpaired) electrons. The van der Waals surface area contributed by atoms with Crippen LogP contribution in [0.1, 0.15) is 55.7 Å². The Balaban J connectivity index is 1.42. The number of nitrogens with two attached hydrogens (primary N) is 1. The Hall–Kier alpha value is -1.39. The Kier molecular flexibility index (Phi) is 6.27. The highest BCUT2D eigenvalue weighted by atomic mass is 16.1. The number of carbonyl (C=O) groups excluding carboxylic acids is 1. The fourth-order valence-corrected chi connectivity index (χ4v) is 4.22. The average Bonchev–Trinajstić information content (AvgIpc) is 2.61. The molecule has 2 N–H and O–H groups in total. The van der Waals surface area contributed by atoms with Gasteiger partial charge >= 0.3 is 0 Å². The van der Waals surface area contributed by atoms with Crippen molar-refractivity contribution in [3.8, 4) is 0 Å². The Labute approximate surface area is 146 Å². The largest absolute Gasteiger partial charge is 0.370 e. The molecule has 1 atom stereocenters. The van der Waals surface area contributed by atoms with Crippen LogP contribution in [-0.4, -0.2) is 48.4 Å². The fraction of sp³-hybridized carbons (Fsp3) is 0.650. The van der Waals surface area contributed by atoms with Crippen LogP contribution < -0.4 is 5.73 Å². The number of amides is 1. The number of piperazine rings is 1. The van der Waals surface area contributed by atoms with Crippen LogP contribution >= 0.6 is 0 Å². The summed E-state index contributed by atoms with van der Waals surface area (Å²) in [7, 11) is 0. The molecule has 1 saturated heterocycles. The Bertz CT molecular complexity index is 537. The van der Waals surface area contributed by atoms with Gasteiger partial charge in [-0.3, -0.25) is 9.69 Å². The zero-order chi connectivity index (χ0) is 16.8. The molecule has 2 aliphatic rings. The molecule has 1 unspecified atom stereocenters. The Morgan fingerprint density at radius 2 is 1.88 bits per heavy atom. The van der Waals surface area contributed by atoms with Crippen LogP contribution in [0.25, 0.3) is 0 Å². The second-order valence-corrected chi connectivity index (χ2v) is 7.26. The van der Waals surface area contributed by atoms with E-state index < -0.39 is 0 Å². The molecule has 1 fully saturated rings. The Morgan fingerprint density at radius 1 is 1.08 bits per heavy atom. The third kappa shape index (κ3) is 4.58. The van der Waals surface area contributed by atoms with Crippen molar-refractivity contribution in [3.05, 3.63) is 35.4 Å². The molecule has 1 heterocycles. The zero-order valence-electron chi connectivity index (χ0n) is 14.8. The summed E-state index contributed by atoms with van der Waals surface area (Å²) in [6.07, 6.45) is 7.64. The van der Waals surface area contributed by atoms with Crippen molar-refractivity contribution in [2.75, 3.05) is 32.7 Å². The molecule has 1 aliphatic carbocycles. The number of rotatable bonds is 7. The van der Waals surface area contributed by atoms with Crippen molar-refractivity contribution in [2.45, 2.75) is 51.0 Å². The van der Waals surface area contributed by atoms with Gasteiger partial charge in [-0.2, -0.15) is 0 Å². The van der Waals surface area contributed by atoms with Crippen LogP contribution in [-0.2, 0) is 11.2 Å².